The van der Waals surface area contributed by atoms with Gasteiger partial charge in [0.2, 0.25) is 0 Å². The molecular formula is C24H32N2O9. The van der Waals surface area contributed by atoms with Gasteiger partial charge in [0.1, 0.15) is 13.2 Å². The van der Waals surface area contributed by atoms with E-state index in [1.807, 2.05) is 0 Å². The van der Waals surface area contributed by atoms with Crippen molar-refractivity contribution in [1.29, 1.82) is 0 Å². The summed E-state index contributed by atoms with van der Waals surface area (Å²) in [5.41, 5.74) is 0.818. The zero-order valence-corrected chi connectivity index (χ0v) is 19.7. The van der Waals surface area contributed by atoms with Gasteiger partial charge in [-0.2, -0.15) is 0 Å². The van der Waals surface area contributed by atoms with Gasteiger partial charge in [0, 0.05) is 24.8 Å². The van der Waals surface area contributed by atoms with Crippen LogP contribution in [0.3, 0.4) is 0 Å². The summed E-state index contributed by atoms with van der Waals surface area (Å²) in [5.74, 6) is -0.849. The van der Waals surface area contributed by atoms with Crippen molar-refractivity contribution in [1.82, 2.24) is 9.97 Å². The van der Waals surface area contributed by atoms with Crippen LogP contribution in [0.15, 0.2) is 49.1 Å². The Kier molecular flexibility index (Phi) is 15.6. The van der Waals surface area contributed by atoms with E-state index in [1.54, 1.807) is 36.7 Å². The highest BCUT2D eigenvalue weighted by atomic mass is 16.6. The molecule has 0 unspecified atom stereocenters. The number of ether oxygens (including phenoxy) is 7. The van der Waals surface area contributed by atoms with E-state index >= 15 is 0 Å². The van der Waals surface area contributed by atoms with Gasteiger partial charge in [-0.25, -0.2) is 9.59 Å². The number of rotatable bonds is 20. The van der Waals surface area contributed by atoms with E-state index in [4.69, 9.17) is 33.2 Å². The van der Waals surface area contributed by atoms with Gasteiger partial charge in [0.05, 0.1) is 77.2 Å². The monoisotopic (exact) mass is 492 g/mol. The average molecular weight is 493 g/mol. The Balaban J connectivity index is 1.25. The van der Waals surface area contributed by atoms with Gasteiger partial charge >= 0.3 is 11.9 Å². The predicted octanol–water partition coefficient (Wildman–Crippen LogP) is 1.57. The number of aromatic nitrogens is 2. The summed E-state index contributed by atoms with van der Waals surface area (Å²) in [7, 11) is 0. The minimum atomic E-state index is -0.424. The normalized spacial score (nSPS) is 10.7. The Hall–Kier alpha value is -2.96. The van der Waals surface area contributed by atoms with E-state index < -0.39 is 11.9 Å². The lowest BCUT2D eigenvalue weighted by molar-refractivity contribution is -0.0180. The maximum Gasteiger partial charge on any atom is 0.339 e. The predicted molar refractivity (Wildman–Crippen MR) is 123 cm³/mol. The zero-order chi connectivity index (χ0) is 24.8. The van der Waals surface area contributed by atoms with E-state index in [9.17, 15) is 9.59 Å². The number of hydrogen-bond donors (Lipinski definition) is 0. The number of esters is 2. The van der Waals surface area contributed by atoms with Crippen molar-refractivity contribution in [2.75, 3.05) is 79.3 Å². The minimum absolute atomic E-state index is 0.168. The molecule has 2 aromatic heterocycles. The molecule has 0 aliphatic carbocycles. The van der Waals surface area contributed by atoms with Gasteiger partial charge < -0.3 is 33.2 Å². The zero-order valence-electron chi connectivity index (χ0n) is 19.7. The molecule has 0 spiro atoms. The van der Waals surface area contributed by atoms with E-state index in [0.717, 1.165) is 0 Å². The molecule has 11 heteroatoms. The molecule has 35 heavy (non-hydrogen) atoms. The van der Waals surface area contributed by atoms with Crippen LogP contribution in [0.5, 0.6) is 0 Å². The lowest BCUT2D eigenvalue weighted by Gasteiger charge is -2.08. The number of hydrogen-bond acceptors (Lipinski definition) is 11. The van der Waals surface area contributed by atoms with Crippen LogP contribution in [0.1, 0.15) is 20.7 Å². The summed E-state index contributed by atoms with van der Waals surface area (Å²) in [6, 6.07) is 6.63. The molecule has 0 saturated heterocycles. The molecule has 0 bridgehead atoms. The van der Waals surface area contributed by atoms with E-state index in [1.165, 1.54) is 12.4 Å². The van der Waals surface area contributed by atoms with Crippen LogP contribution >= 0.6 is 0 Å². The first-order valence-electron chi connectivity index (χ1n) is 11.3. The highest BCUT2D eigenvalue weighted by Crippen LogP contribution is 1.99. The van der Waals surface area contributed by atoms with Crippen LogP contribution in [0.2, 0.25) is 0 Å². The van der Waals surface area contributed by atoms with Crippen LogP contribution in [0.25, 0.3) is 0 Å². The molecule has 2 rings (SSSR count). The van der Waals surface area contributed by atoms with Gasteiger partial charge in [0.15, 0.2) is 0 Å². The third-order valence-electron chi connectivity index (χ3n) is 4.20. The van der Waals surface area contributed by atoms with Crippen molar-refractivity contribution >= 4 is 11.9 Å². The molecule has 0 N–H and O–H groups in total. The number of pyridine rings is 2. The fraction of sp³-hybridized carbons (Fsp3) is 0.500. The average Bonchev–Trinajstić information content (AvgIpc) is 2.90. The van der Waals surface area contributed by atoms with Crippen LogP contribution in [-0.4, -0.2) is 101 Å². The van der Waals surface area contributed by atoms with Crippen molar-refractivity contribution in [3.05, 3.63) is 60.2 Å². The fourth-order valence-electron chi connectivity index (χ4n) is 2.50. The van der Waals surface area contributed by atoms with Crippen molar-refractivity contribution in [2.24, 2.45) is 0 Å². The molecule has 0 aliphatic rings. The second-order valence-electron chi connectivity index (χ2n) is 6.82. The summed E-state index contributed by atoms with van der Waals surface area (Å²) in [5, 5.41) is 0. The molecule has 0 radical (unpaired) electrons. The van der Waals surface area contributed by atoms with Crippen LogP contribution in [0.4, 0.5) is 0 Å². The Morgan fingerprint density at radius 2 is 0.829 bits per heavy atom. The SMILES string of the molecule is O=C(OCCOCCOCCOCCOCCOCCOC(=O)c1cccnc1)c1cccnc1. The fourth-order valence-corrected chi connectivity index (χ4v) is 2.50. The second-order valence-corrected chi connectivity index (χ2v) is 6.82. The van der Waals surface area contributed by atoms with Gasteiger partial charge in [-0.1, -0.05) is 0 Å². The van der Waals surface area contributed by atoms with Gasteiger partial charge in [-0.05, 0) is 24.3 Å². The molecule has 0 atom stereocenters. The third kappa shape index (κ3) is 14.1. The van der Waals surface area contributed by atoms with Gasteiger partial charge in [0.25, 0.3) is 0 Å². The first-order valence-corrected chi connectivity index (χ1v) is 11.3. The Bertz CT molecular complexity index is 742. The largest absolute Gasteiger partial charge is 0.460 e. The summed E-state index contributed by atoms with van der Waals surface area (Å²) in [4.78, 5) is 31.1. The maximum atomic E-state index is 11.7. The highest BCUT2D eigenvalue weighted by molar-refractivity contribution is 5.89. The van der Waals surface area contributed by atoms with Gasteiger partial charge in [-0.15, -0.1) is 0 Å². The lowest BCUT2D eigenvalue weighted by atomic mass is 10.3. The topological polar surface area (TPSA) is 125 Å². The molecule has 0 saturated carbocycles. The van der Waals surface area contributed by atoms with Crippen LogP contribution in [0, 0.1) is 0 Å². The standard InChI is InChI=1S/C24H32N2O9/c27-23(21-3-1-5-25-19-21)34-17-15-32-13-11-30-9-7-29-8-10-31-12-14-33-16-18-35-24(28)22-4-2-6-26-20-22/h1-6,19-20H,7-18H2. The second kappa shape index (κ2) is 19.4. The Morgan fingerprint density at radius 1 is 0.514 bits per heavy atom. The van der Waals surface area contributed by atoms with Crippen LogP contribution in [-0.2, 0) is 33.2 Å². The van der Waals surface area contributed by atoms with Crippen molar-refractivity contribution in [3.8, 4) is 0 Å². The van der Waals surface area contributed by atoms with Crippen molar-refractivity contribution in [2.45, 2.75) is 0 Å². The summed E-state index contributed by atoms with van der Waals surface area (Å²) >= 11 is 0. The van der Waals surface area contributed by atoms with E-state index in [0.29, 0.717) is 77.2 Å². The maximum absolute atomic E-state index is 11.7. The molecular weight excluding hydrogens is 460 g/mol. The number of nitrogens with zero attached hydrogens (tertiary/aromatic N) is 2. The molecule has 0 fully saturated rings. The van der Waals surface area contributed by atoms with Crippen molar-refractivity contribution in [3.63, 3.8) is 0 Å². The third-order valence-corrected chi connectivity index (χ3v) is 4.20. The number of carbonyl (C=O) groups excluding carboxylic acids is 2. The highest BCUT2D eigenvalue weighted by Gasteiger charge is 2.06. The van der Waals surface area contributed by atoms with Crippen LogP contribution < -0.4 is 0 Å². The van der Waals surface area contributed by atoms with Crippen molar-refractivity contribution < 1.29 is 42.7 Å². The lowest BCUT2D eigenvalue weighted by Crippen LogP contribution is -2.15. The van der Waals surface area contributed by atoms with E-state index in [2.05, 4.69) is 9.97 Å². The summed E-state index contributed by atoms with van der Waals surface area (Å²) in [6.45, 7) is 4.36. The Labute approximate surface area is 204 Å². The molecule has 0 amide bonds. The Morgan fingerprint density at radius 3 is 1.11 bits per heavy atom. The number of carbonyl (C=O) groups is 2. The molecule has 0 aromatic carbocycles. The van der Waals surface area contributed by atoms with Gasteiger partial charge in [-0.3, -0.25) is 9.97 Å². The summed E-state index contributed by atoms with van der Waals surface area (Å²) < 4.78 is 37.0. The molecule has 2 aromatic rings. The first kappa shape index (κ1) is 28.3. The summed E-state index contributed by atoms with van der Waals surface area (Å²) in [6.07, 6.45) is 6.09. The molecule has 11 nitrogen and oxygen atoms in total. The molecule has 0 aliphatic heterocycles. The molecule has 192 valence electrons. The van der Waals surface area contributed by atoms with E-state index in [-0.39, 0.29) is 13.2 Å². The quantitative estimate of drug-likeness (QED) is 0.198. The molecule has 2 heterocycles. The minimum Gasteiger partial charge on any atom is -0.460 e. The smallest absolute Gasteiger partial charge is 0.339 e. The first-order chi connectivity index (χ1) is 17.3.